The molecule has 3 rings (SSSR count). The van der Waals surface area contributed by atoms with E-state index in [4.69, 9.17) is 11.6 Å². The first-order valence-corrected chi connectivity index (χ1v) is 6.06. The van der Waals surface area contributed by atoms with Crippen LogP contribution in [0.1, 0.15) is 5.82 Å². The maximum atomic E-state index is 11.0. The first kappa shape index (κ1) is 12.5. The largest absolute Gasteiger partial charge is 0.297 e. The summed E-state index contributed by atoms with van der Waals surface area (Å²) in [5.74, 6) is 1.05. The number of nitro benzene ring substituents is 1. The monoisotopic (exact) mass is 289 g/mol. The lowest BCUT2D eigenvalue weighted by Gasteiger charge is -2.05. The van der Waals surface area contributed by atoms with Gasteiger partial charge < -0.3 is 0 Å². The topological polar surface area (TPSA) is 86.7 Å². The van der Waals surface area contributed by atoms with E-state index in [1.54, 1.807) is 23.6 Å². The molecule has 0 aliphatic rings. The van der Waals surface area contributed by atoms with Crippen molar-refractivity contribution >= 4 is 28.3 Å². The zero-order chi connectivity index (χ0) is 14.3. The third kappa shape index (κ3) is 1.88. The fourth-order valence-electron chi connectivity index (χ4n) is 2.08. The number of aryl methyl sites for hydroxylation is 1. The Morgan fingerprint density at radius 2 is 2.10 bits per heavy atom. The molecule has 2 heterocycles. The van der Waals surface area contributed by atoms with Crippen LogP contribution < -0.4 is 0 Å². The number of nitro groups is 1. The molecule has 0 atom stereocenters. The predicted octanol–water partition coefficient (Wildman–Crippen LogP) is 2.69. The first-order chi connectivity index (χ1) is 9.58. The maximum absolute atomic E-state index is 11.0. The Morgan fingerprint density at radius 3 is 2.80 bits per heavy atom. The van der Waals surface area contributed by atoms with Crippen molar-refractivity contribution in [2.24, 2.45) is 0 Å². The SMILES string of the molecule is Cc1nc2c([N+](=O)[O-])cccc2n1-c1cncc(Cl)n1. The Balaban J connectivity index is 2.35. The molecule has 0 bridgehead atoms. The number of halogens is 1. The smallest absolute Gasteiger partial charge is 0.279 e. The zero-order valence-electron chi connectivity index (χ0n) is 10.3. The van der Waals surface area contributed by atoms with Crippen LogP contribution in [0.2, 0.25) is 5.15 Å². The van der Waals surface area contributed by atoms with E-state index in [0.29, 0.717) is 22.7 Å². The standard InChI is InChI=1S/C12H8ClN5O2/c1-7-15-12-8(3-2-4-9(12)18(19)20)17(7)11-6-14-5-10(13)16-11/h2-6H,1H3. The van der Waals surface area contributed by atoms with Crippen LogP contribution in [-0.2, 0) is 0 Å². The Morgan fingerprint density at radius 1 is 1.30 bits per heavy atom. The van der Waals surface area contributed by atoms with Crippen molar-refractivity contribution in [3.63, 3.8) is 0 Å². The third-order valence-electron chi connectivity index (χ3n) is 2.85. The molecule has 8 heteroatoms. The Labute approximate surface area is 118 Å². The summed E-state index contributed by atoms with van der Waals surface area (Å²) in [5, 5.41) is 11.3. The summed E-state index contributed by atoms with van der Waals surface area (Å²) in [6, 6.07) is 4.77. The molecule has 0 spiro atoms. The Hall–Kier alpha value is -2.54. The summed E-state index contributed by atoms with van der Waals surface area (Å²) in [7, 11) is 0. The summed E-state index contributed by atoms with van der Waals surface area (Å²) in [6.45, 7) is 1.74. The molecule has 3 aromatic rings. The van der Waals surface area contributed by atoms with Crippen LogP contribution in [0, 0.1) is 17.0 Å². The van der Waals surface area contributed by atoms with Crippen LogP contribution in [0.25, 0.3) is 16.9 Å². The van der Waals surface area contributed by atoms with Crippen molar-refractivity contribution in [1.82, 2.24) is 19.5 Å². The highest BCUT2D eigenvalue weighted by Crippen LogP contribution is 2.27. The van der Waals surface area contributed by atoms with E-state index < -0.39 is 4.92 Å². The van der Waals surface area contributed by atoms with Crippen molar-refractivity contribution in [3.05, 3.63) is 51.7 Å². The zero-order valence-corrected chi connectivity index (χ0v) is 11.1. The van der Waals surface area contributed by atoms with Gasteiger partial charge in [-0.3, -0.25) is 19.7 Å². The van der Waals surface area contributed by atoms with E-state index in [9.17, 15) is 10.1 Å². The highest BCUT2D eigenvalue weighted by Gasteiger charge is 2.19. The lowest BCUT2D eigenvalue weighted by Crippen LogP contribution is -2.00. The fourth-order valence-corrected chi connectivity index (χ4v) is 2.22. The van der Waals surface area contributed by atoms with Crippen LogP contribution in [0.5, 0.6) is 0 Å². The number of rotatable bonds is 2. The number of nitrogens with zero attached hydrogens (tertiary/aromatic N) is 5. The van der Waals surface area contributed by atoms with Crippen LogP contribution >= 0.6 is 11.6 Å². The average Bonchev–Trinajstić information content (AvgIpc) is 2.74. The van der Waals surface area contributed by atoms with Crippen molar-refractivity contribution in [1.29, 1.82) is 0 Å². The molecular weight excluding hydrogens is 282 g/mol. The molecule has 0 unspecified atom stereocenters. The highest BCUT2D eigenvalue weighted by atomic mass is 35.5. The molecule has 100 valence electrons. The van der Waals surface area contributed by atoms with Gasteiger partial charge in [0.25, 0.3) is 5.69 Å². The van der Waals surface area contributed by atoms with Crippen LogP contribution in [0.15, 0.2) is 30.6 Å². The second-order valence-electron chi connectivity index (χ2n) is 4.10. The Bertz CT molecular complexity index is 830. The molecule has 20 heavy (non-hydrogen) atoms. The molecule has 0 aliphatic carbocycles. The summed E-state index contributed by atoms with van der Waals surface area (Å²) in [6.07, 6.45) is 2.95. The number of fused-ring (bicyclic) bond motifs is 1. The van der Waals surface area contributed by atoms with E-state index >= 15 is 0 Å². The van der Waals surface area contributed by atoms with Gasteiger partial charge in [0.05, 0.1) is 22.8 Å². The van der Waals surface area contributed by atoms with Gasteiger partial charge in [0.15, 0.2) is 11.3 Å². The van der Waals surface area contributed by atoms with Crippen LogP contribution in [0.4, 0.5) is 5.69 Å². The number of non-ortho nitro benzene ring substituents is 1. The van der Waals surface area contributed by atoms with E-state index in [0.717, 1.165) is 0 Å². The minimum Gasteiger partial charge on any atom is -0.279 e. The number of hydrogen-bond acceptors (Lipinski definition) is 5. The molecule has 0 amide bonds. The molecule has 1 aromatic carbocycles. The minimum atomic E-state index is -0.456. The van der Waals surface area contributed by atoms with Gasteiger partial charge in [-0.15, -0.1) is 0 Å². The normalized spacial score (nSPS) is 10.9. The van der Waals surface area contributed by atoms with Gasteiger partial charge in [-0.1, -0.05) is 17.7 Å². The first-order valence-electron chi connectivity index (χ1n) is 5.68. The summed E-state index contributed by atoms with van der Waals surface area (Å²) in [4.78, 5) is 23.0. The van der Waals surface area contributed by atoms with Gasteiger partial charge in [0.2, 0.25) is 0 Å². The molecule has 0 fully saturated rings. The van der Waals surface area contributed by atoms with Gasteiger partial charge in [-0.05, 0) is 13.0 Å². The van der Waals surface area contributed by atoms with Crippen LogP contribution in [0.3, 0.4) is 0 Å². The van der Waals surface area contributed by atoms with Gasteiger partial charge in [0.1, 0.15) is 11.0 Å². The van der Waals surface area contributed by atoms with Gasteiger partial charge >= 0.3 is 0 Å². The number of hydrogen-bond donors (Lipinski definition) is 0. The van der Waals surface area contributed by atoms with Gasteiger partial charge in [-0.25, -0.2) is 9.97 Å². The maximum Gasteiger partial charge on any atom is 0.297 e. The lowest BCUT2D eigenvalue weighted by atomic mass is 10.2. The molecule has 2 aromatic heterocycles. The fraction of sp³-hybridized carbons (Fsp3) is 0.0833. The average molecular weight is 290 g/mol. The van der Waals surface area contributed by atoms with Gasteiger partial charge in [-0.2, -0.15) is 0 Å². The Kier molecular flexibility index (Phi) is 2.83. The van der Waals surface area contributed by atoms with Crippen LogP contribution in [-0.4, -0.2) is 24.4 Å². The molecular formula is C12H8ClN5O2. The van der Waals surface area contributed by atoms with E-state index in [1.807, 2.05) is 0 Å². The van der Waals surface area contributed by atoms with E-state index in [1.165, 1.54) is 18.5 Å². The van der Waals surface area contributed by atoms with Crippen molar-refractivity contribution in [2.45, 2.75) is 6.92 Å². The molecule has 0 saturated carbocycles. The number of aromatic nitrogens is 4. The van der Waals surface area contributed by atoms with Gasteiger partial charge in [0, 0.05) is 6.07 Å². The quantitative estimate of drug-likeness (QED) is 0.534. The van der Waals surface area contributed by atoms with E-state index in [2.05, 4.69) is 15.0 Å². The van der Waals surface area contributed by atoms with Crippen molar-refractivity contribution in [3.8, 4) is 5.82 Å². The third-order valence-corrected chi connectivity index (χ3v) is 3.03. The molecule has 0 aliphatic heterocycles. The molecule has 0 radical (unpaired) electrons. The number of benzene rings is 1. The predicted molar refractivity (Wildman–Crippen MR) is 73.1 cm³/mol. The summed E-state index contributed by atoms with van der Waals surface area (Å²) >= 11 is 5.83. The lowest BCUT2D eigenvalue weighted by molar-refractivity contribution is -0.383. The molecule has 7 nitrogen and oxygen atoms in total. The van der Waals surface area contributed by atoms with Crippen molar-refractivity contribution < 1.29 is 4.92 Å². The summed E-state index contributed by atoms with van der Waals surface area (Å²) in [5.41, 5.74) is 0.865. The van der Waals surface area contributed by atoms with Crippen molar-refractivity contribution in [2.75, 3.05) is 0 Å². The minimum absolute atomic E-state index is 0.0423. The number of imidazole rings is 1. The summed E-state index contributed by atoms with van der Waals surface area (Å²) < 4.78 is 1.68. The number of para-hydroxylation sites is 1. The second-order valence-corrected chi connectivity index (χ2v) is 4.48. The molecule has 0 N–H and O–H groups in total. The second kappa shape index (κ2) is 4.53. The van der Waals surface area contributed by atoms with E-state index in [-0.39, 0.29) is 10.8 Å². The molecule has 0 saturated heterocycles. The highest BCUT2D eigenvalue weighted by molar-refractivity contribution is 6.29.